The summed E-state index contributed by atoms with van der Waals surface area (Å²) in [5, 5.41) is 6.13. The van der Waals surface area contributed by atoms with E-state index in [2.05, 4.69) is 140 Å². The molecule has 0 unspecified atom stereocenters. The molecule has 0 spiro atoms. The Morgan fingerprint density at radius 3 is 1.86 bits per heavy atom. The van der Waals surface area contributed by atoms with E-state index >= 15 is 0 Å². The molecule has 2 aromatic heterocycles. The number of thiophene rings is 2. The third-order valence-corrected chi connectivity index (χ3v) is 11.2. The lowest BCUT2D eigenvalue weighted by Crippen LogP contribution is -2.28. The first-order valence-electron chi connectivity index (χ1n) is 12.2. The number of hydrogen-bond donors (Lipinski definition) is 0. The highest BCUT2D eigenvalue weighted by molar-refractivity contribution is 9.11. The zero-order chi connectivity index (χ0) is 24.7. The molecule has 4 heteroatoms. The number of benzene rings is 5. The molecule has 0 atom stereocenters. The zero-order valence-corrected chi connectivity index (χ0v) is 24.3. The summed E-state index contributed by atoms with van der Waals surface area (Å²) in [4.78, 5) is 0. The number of halogens is 2. The van der Waals surface area contributed by atoms with Crippen LogP contribution in [0.4, 0.5) is 0 Å². The summed E-state index contributed by atoms with van der Waals surface area (Å²) in [6.07, 6.45) is 0. The maximum atomic E-state index is 4.05. The fourth-order valence-corrected chi connectivity index (χ4v) is 10.1. The molecular formula is C33H18Br2S2. The van der Waals surface area contributed by atoms with Crippen molar-refractivity contribution in [3.05, 3.63) is 140 Å². The fourth-order valence-electron chi connectivity index (χ4n) is 6.34. The van der Waals surface area contributed by atoms with Crippen LogP contribution in [0.25, 0.3) is 41.4 Å². The van der Waals surface area contributed by atoms with E-state index in [1.807, 2.05) is 22.7 Å². The van der Waals surface area contributed by atoms with Gasteiger partial charge in [-0.25, -0.2) is 0 Å². The first-order valence-corrected chi connectivity index (χ1v) is 15.4. The van der Waals surface area contributed by atoms with Gasteiger partial charge in [0.1, 0.15) is 0 Å². The Hall–Kier alpha value is -2.76. The van der Waals surface area contributed by atoms with Gasteiger partial charge in [-0.2, -0.15) is 0 Å². The standard InChI is InChI=1S/C33H18Br2S2/c34-25-17-23-29(31-21(25)15-16-36-31)30-24(18-26(35)28-22-13-7-8-14-27(22)37-32(28)30)33(23,19-9-3-1-4-10-19)20-11-5-2-6-12-20/h1-18H. The van der Waals surface area contributed by atoms with Crippen LogP contribution in [0.5, 0.6) is 0 Å². The van der Waals surface area contributed by atoms with E-state index in [4.69, 9.17) is 0 Å². The first-order chi connectivity index (χ1) is 18.2. The molecule has 0 saturated heterocycles. The second-order valence-corrected chi connectivity index (χ2v) is 13.2. The molecule has 0 nitrogen and oxygen atoms in total. The summed E-state index contributed by atoms with van der Waals surface area (Å²) in [5.41, 5.74) is 7.59. The van der Waals surface area contributed by atoms with Crippen LogP contribution < -0.4 is 0 Å². The Morgan fingerprint density at radius 1 is 0.568 bits per heavy atom. The number of hydrogen-bond acceptors (Lipinski definition) is 2. The maximum absolute atomic E-state index is 4.05. The zero-order valence-electron chi connectivity index (χ0n) is 19.5. The van der Waals surface area contributed by atoms with Gasteiger partial charge >= 0.3 is 0 Å². The molecule has 37 heavy (non-hydrogen) atoms. The van der Waals surface area contributed by atoms with E-state index in [1.54, 1.807) is 0 Å². The lowest BCUT2D eigenvalue weighted by molar-refractivity contribution is 0.769. The highest BCUT2D eigenvalue weighted by Gasteiger charge is 2.48. The quantitative estimate of drug-likeness (QED) is 0.177. The van der Waals surface area contributed by atoms with Crippen molar-refractivity contribution >= 4 is 84.8 Å². The second kappa shape index (κ2) is 8.12. The molecule has 0 amide bonds. The van der Waals surface area contributed by atoms with Crippen LogP contribution in [0.2, 0.25) is 0 Å². The molecule has 2 heterocycles. The van der Waals surface area contributed by atoms with E-state index in [1.165, 1.54) is 63.6 Å². The van der Waals surface area contributed by atoms with Gasteiger partial charge in [0.25, 0.3) is 0 Å². The number of fused-ring (bicyclic) bond motifs is 9. The van der Waals surface area contributed by atoms with Gasteiger partial charge in [-0.05, 0) is 51.9 Å². The van der Waals surface area contributed by atoms with Crippen LogP contribution >= 0.6 is 54.5 Å². The average Bonchev–Trinajstić information content (AvgIpc) is 3.63. The van der Waals surface area contributed by atoms with Crippen LogP contribution in [0.3, 0.4) is 0 Å². The van der Waals surface area contributed by atoms with Gasteiger partial charge in [-0.15, -0.1) is 22.7 Å². The molecule has 0 saturated carbocycles. The lowest BCUT2D eigenvalue weighted by atomic mass is 9.67. The minimum Gasteiger partial charge on any atom is -0.143 e. The normalized spacial score (nSPS) is 13.9. The van der Waals surface area contributed by atoms with Crippen LogP contribution in [0, 0.1) is 0 Å². The van der Waals surface area contributed by atoms with Gasteiger partial charge in [0.15, 0.2) is 0 Å². The van der Waals surface area contributed by atoms with Crippen molar-refractivity contribution < 1.29 is 0 Å². The second-order valence-electron chi connectivity index (χ2n) is 9.51. The molecule has 0 radical (unpaired) electrons. The van der Waals surface area contributed by atoms with Crippen molar-refractivity contribution in [2.45, 2.75) is 5.41 Å². The Bertz CT molecular complexity index is 1960. The predicted octanol–water partition coefficient (Wildman–Crippen LogP) is 11.2. The van der Waals surface area contributed by atoms with Crippen LogP contribution in [-0.2, 0) is 5.41 Å². The van der Waals surface area contributed by atoms with E-state index in [-0.39, 0.29) is 0 Å². The van der Waals surface area contributed by atoms with E-state index in [9.17, 15) is 0 Å². The fraction of sp³-hybridized carbons (Fsp3) is 0.0303. The van der Waals surface area contributed by atoms with Gasteiger partial charge in [-0.1, -0.05) is 111 Å². The van der Waals surface area contributed by atoms with Gasteiger partial charge in [0.2, 0.25) is 0 Å². The summed E-state index contributed by atoms with van der Waals surface area (Å²) < 4.78 is 6.34. The van der Waals surface area contributed by atoms with Crippen LogP contribution in [0.1, 0.15) is 22.3 Å². The van der Waals surface area contributed by atoms with E-state index < -0.39 is 5.41 Å². The summed E-state index contributed by atoms with van der Waals surface area (Å²) in [6, 6.07) is 37.9. The minimum absolute atomic E-state index is 0.430. The van der Waals surface area contributed by atoms with Crippen molar-refractivity contribution in [1.82, 2.24) is 0 Å². The molecule has 5 aromatic carbocycles. The molecule has 0 fully saturated rings. The monoisotopic (exact) mass is 636 g/mol. The third-order valence-electron chi connectivity index (χ3n) is 7.76. The Balaban J connectivity index is 1.68. The Morgan fingerprint density at radius 2 is 1.16 bits per heavy atom. The Kier molecular flexibility index (Phi) is 4.88. The third kappa shape index (κ3) is 2.87. The number of rotatable bonds is 2. The molecule has 8 rings (SSSR count). The highest BCUT2D eigenvalue weighted by atomic mass is 79.9. The predicted molar refractivity (Wildman–Crippen MR) is 167 cm³/mol. The largest absolute Gasteiger partial charge is 0.143 e. The minimum atomic E-state index is -0.430. The SMILES string of the molecule is Brc1cc2c(c3sccc13)-c1c(cc(Br)c3c1sc1ccccc13)C2(c1ccccc1)c1ccccc1. The Labute approximate surface area is 239 Å². The van der Waals surface area contributed by atoms with Crippen molar-refractivity contribution in [2.24, 2.45) is 0 Å². The molecule has 176 valence electrons. The molecule has 1 aliphatic rings. The van der Waals surface area contributed by atoms with Crippen LogP contribution in [0.15, 0.2) is 117 Å². The molecule has 0 N–H and O–H groups in total. The van der Waals surface area contributed by atoms with Gasteiger partial charge in [0.05, 0.1) is 5.41 Å². The summed E-state index contributed by atoms with van der Waals surface area (Å²) in [6.45, 7) is 0. The average molecular weight is 638 g/mol. The molecule has 0 aliphatic heterocycles. The smallest absolute Gasteiger partial charge is 0.0715 e. The van der Waals surface area contributed by atoms with E-state index in [0.29, 0.717) is 0 Å². The molecule has 1 aliphatic carbocycles. The van der Waals surface area contributed by atoms with Gasteiger partial charge < -0.3 is 0 Å². The molecule has 7 aromatic rings. The maximum Gasteiger partial charge on any atom is 0.0715 e. The summed E-state index contributed by atoms with van der Waals surface area (Å²) >= 11 is 11.8. The van der Waals surface area contributed by atoms with Crippen molar-refractivity contribution in [3.63, 3.8) is 0 Å². The summed E-state index contributed by atoms with van der Waals surface area (Å²) in [5.74, 6) is 0. The van der Waals surface area contributed by atoms with Gasteiger partial charge in [-0.3, -0.25) is 0 Å². The van der Waals surface area contributed by atoms with E-state index in [0.717, 1.165) is 8.95 Å². The van der Waals surface area contributed by atoms with Crippen molar-refractivity contribution in [2.75, 3.05) is 0 Å². The highest BCUT2D eigenvalue weighted by Crippen LogP contribution is 2.62. The summed E-state index contributed by atoms with van der Waals surface area (Å²) in [7, 11) is 0. The lowest BCUT2D eigenvalue weighted by Gasteiger charge is -2.34. The van der Waals surface area contributed by atoms with Gasteiger partial charge in [0, 0.05) is 50.3 Å². The van der Waals surface area contributed by atoms with Crippen molar-refractivity contribution in [3.8, 4) is 11.1 Å². The first kappa shape index (κ1) is 22.2. The van der Waals surface area contributed by atoms with Crippen molar-refractivity contribution in [1.29, 1.82) is 0 Å². The molecular weight excluding hydrogens is 620 g/mol. The topological polar surface area (TPSA) is 0 Å². The molecule has 0 bridgehead atoms. The van der Waals surface area contributed by atoms with Crippen LogP contribution in [-0.4, -0.2) is 0 Å².